The average molecular weight is 418 g/mol. The van der Waals surface area contributed by atoms with Crippen molar-refractivity contribution >= 4 is 17.8 Å². The summed E-state index contributed by atoms with van der Waals surface area (Å²) >= 11 is 0. The molecule has 0 aliphatic rings. The van der Waals surface area contributed by atoms with Gasteiger partial charge in [0.1, 0.15) is 6.54 Å². The minimum atomic E-state index is -1.04. The number of carboxylic acids is 1. The maximum atomic E-state index is 11.7. The van der Waals surface area contributed by atoms with Gasteiger partial charge in [0, 0.05) is 13.5 Å². The molecule has 0 saturated carbocycles. The molecule has 0 bridgehead atoms. The SMILES string of the molecule is CCCCC/C=C\C/C=C\C/C=C\C/C=C\CCCC(=O)NC(=N)N(C)CC(=O)O. The largest absolute Gasteiger partial charge is 0.480 e. The average Bonchev–Trinajstić information content (AvgIpc) is 2.69. The van der Waals surface area contributed by atoms with Crippen LogP contribution in [0.2, 0.25) is 0 Å². The number of carboxylic acid groups (broad SMARTS) is 1. The number of likely N-dealkylation sites (N-methyl/N-ethyl adjacent to an activating group) is 1. The highest BCUT2D eigenvalue weighted by Crippen LogP contribution is 2.01. The summed E-state index contributed by atoms with van der Waals surface area (Å²) in [6.07, 6.45) is 27.0. The minimum Gasteiger partial charge on any atom is -0.480 e. The highest BCUT2D eigenvalue weighted by molar-refractivity contribution is 5.96. The number of carbonyl (C=O) groups excluding carboxylic acids is 1. The van der Waals surface area contributed by atoms with Crippen LogP contribution in [0.4, 0.5) is 0 Å². The Balaban J connectivity index is 3.68. The van der Waals surface area contributed by atoms with Gasteiger partial charge in [-0.25, -0.2) is 0 Å². The van der Waals surface area contributed by atoms with E-state index in [2.05, 4.69) is 60.8 Å². The summed E-state index contributed by atoms with van der Waals surface area (Å²) in [5, 5.41) is 18.7. The number of allylic oxidation sites excluding steroid dienone is 8. The molecule has 0 aliphatic heterocycles. The van der Waals surface area contributed by atoms with E-state index >= 15 is 0 Å². The standard InChI is InChI=1S/C24H39N3O3/c1-3-4-5-6-7-8-9-10-11-12-13-14-15-16-17-18-19-20-22(28)26-24(25)27(2)21-23(29)30/h7-8,10-11,13-14,16-17H,3-6,9,12,15,18-21H2,1-2H3,(H,29,30)(H2,25,26,28)/b8-7-,11-10-,14-13-,17-16-. The van der Waals surface area contributed by atoms with E-state index in [1.165, 1.54) is 37.6 Å². The first kappa shape index (κ1) is 27.4. The molecule has 0 unspecified atom stereocenters. The molecule has 0 aliphatic carbocycles. The highest BCUT2D eigenvalue weighted by Gasteiger charge is 2.11. The second kappa shape index (κ2) is 19.7. The Morgan fingerprint density at radius 2 is 1.37 bits per heavy atom. The number of nitrogens with one attached hydrogen (secondary N) is 2. The summed E-state index contributed by atoms with van der Waals surface area (Å²) in [6.45, 7) is 1.90. The lowest BCUT2D eigenvalue weighted by atomic mass is 10.2. The fourth-order valence-electron chi connectivity index (χ4n) is 2.51. The van der Waals surface area contributed by atoms with Crippen molar-refractivity contribution in [1.82, 2.24) is 10.2 Å². The minimum absolute atomic E-state index is 0.194. The third kappa shape index (κ3) is 18.7. The van der Waals surface area contributed by atoms with Gasteiger partial charge in [-0.15, -0.1) is 0 Å². The molecule has 0 saturated heterocycles. The van der Waals surface area contributed by atoms with E-state index in [0.717, 1.165) is 25.7 Å². The van der Waals surface area contributed by atoms with Gasteiger partial charge in [0.2, 0.25) is 5.91 Å². The quantitative estimate of drug-likeness (QED) is 0.139. The van der Waals surface area contributed by atoms with Gasteiger partial charge in [-0.1, -0.05) is 68.4 Å². The van der Waals surface area contributed by atoms with Crippen LogP contribution < -0.4 is 5.32 Å². The number of aliphatic carboxylic acids is 1. The number of carbonyl (C=O) groups is 2. The molecule has 0 aromatic heterocycles. The normalized spacial score (nSPS) is 11.8. The van der Waals surface area contributed by atoms with Gasteiger partial charge in [-0.05, 0) is 44.9 Å². The zero-order valence-corrected chi connectivity index (χ0v) is 18.6. The van der Waals surface area contributed by atoms with Gasteiger partial charge in [0.05, 0.1) is 0 Å². The number of hydrogen-bond donors (Lipinski definition) is 3. The Morgan fingerprint density at radius 1 is 0.867 bits per heavy atom. The van der Waals surface area contributed by atoms with Gasteiger partial charge in [0.15, 0.2) is 5.96 Å². The molecule has 0 rings (SSSR count). The first-order chi connectivity index (χ1) is 14.5. The lowest BCUT2D eigenvalue weighted by Gasteiger charge is -2.17. The van der Waals surface area contributed by atoms with Crippen molar-refractivity contribution in [2.24, 2.45) is 0 Å². The molecule has 0 radical (unpaired) electrons. The smallest absolute Gasteiger partial charge is 0.323 e. The summed E-state index contributed by atoms with van der Waals surface area (Å²) in [6, 6.07) is 0. The van der Waals surface area contributed by atoms with E-state index in [1.807, 2.05) is 0 Å². The van der Waals surface area contributed by atoms with Crippen molar-refractivity contribution in [3.8, 4) is 0 Å². The van der Waals surface area contributed by atoms with Crippen LogP contribution in [0.1, 0.15) is 71.1 Å². The van der Waals surface area contributed by atoms with Crippen LogP contribution in [-0.2, 0) is 9.59 Å². The fourth-order valence-corrected chi connectivity index (χ4v) is 2.51. The second-order valence-corrected chi connectivity index (χ2v) is 7.13. The Bertz CT molecular complexity index is 607. The summed E-state index contributed by atoms with van der Waals surface area (Å²) in [5.74, 6) is -1.51. The maximum Gasteiger partial charge on any atom is 0.323 e. The topological polar surface area (TPSA) is 93.5 Å². The number of amides is 1. The Morgan fingerprint density at radius 3 is 1.87 bits per heavy atom. The van der Waals surface area contributed by atoms with E-state index in [9.17, 15) is 9.59 Å². The predicted octanol–water partition coefficient (Wildman–Crippen LogP) is 5.20. The van der Waals surface area contributed by atoms with Crippen molar-refractivity contribution in [2.45, 2.75) is 71.1 Å². The summed E-state index contributed by atoms with van der Waals surface area (Å²) in [5.41, 5.74) is 0. The number of rotatable bonds is 16. The third-order valence-corrected chi connectivity index (χ3v) is 4.24. The first-order valence-electron chi connectivity index (χ1n) is 10.9. The Kier molecular flexibility index (Phi) is 18.0. The molecule has 0 fully saturated rings. The first-order valence-corrected chi connectivity index (χ1v) is 10.9. The molecule has 0 aromatic carbocycles. The molecule has 0 atom stereocenters. The monoisotopic (exact) mass is 417 g/mol. The molecule has 6 heteroatoms. The molecule has 0 aromatic rings. The summed E-state index contributed by atoms with van der Waals surface area (Å²) in [7, 11) is 1.45. The van der Waals surface area contributed by atoms with Crippen molar-refractivity contribution in [3.63, 3.8) is 0 Å². The molecule has 0 spiro atoms. The van der Waals surface area contributed by atoms with Crippen molar-refractivity contribution in [2.75, 3.05) is 13.6 Å². The lowest BCUT2D eigenvalue weighted by molar-refractivity contribution is -0.137. The number of unbranched alkanes of at least 4 members (excludes halogenated alkanes) is 4. The number of hydrogen-bond acceptors (Lipinski definition) is 3. The van der Waals surface area contributed by atoms with Crippen molar-refractivity contribution in [1.29, 1.82) is 5.41 Å². The number of nitrogens with zero attached hydrogens (tertiary/aromatic N) is 1. The zero-order chi connectivity index (χ0) is 22.5. The van der Waals surface area contributed by atoms with Crippen molar-refractivity contribution in [3.05, 3.63) is 48.6 Å². The van der Waals surface area contributed by atoms with E-state index in [4.69, 9.17) is 10.5 Å². The lowest BCUT2D eigenvalue weighted by Crippen LogP contribution is -2.43. The molecule has 3 N–H and O–H groups in total. The van der Waals surface area contributed by atoms with E-state index in [1.54, 1.807) is 0 Å². The molecule has 168 valence electrons. The van der Waals surface area contributed by atoms with Crippen molar-refractivity contribution < 1.29 is 14.7 Å². The molecule has 1 amide bonds. The summed E-state index contributed by atoms with van der Waals surface area (Å²) < 4.78 is 0. The van der Waals surface area contributed by atoms with Crippen LogP contribution in [0.25, 0.3) is 0 Å². The van der Waals surface area contributed by atoms with Gasteiger partial charge in [0.25, 0.3) is 0 Å². The van der Waals surface area contributed by atoms with Gasteiger partial charge < -0.3 is 10.0 Å². The second-order valence-electron chi connectivity index (χ2n) is 7.13. The van der Waals surface area contributed by atoms with Crippen LogP contribution in [0.5, 0.6) is 0 Å². The van der Waals surface area contributed by atoms with Crippen LogP contribution in [0, 0.1) is 5.41 Å². The summed E-state index contributed by atoms with van der Waals surface area (Å²) in [4.78, 5) is 23.5. The maximum absolute atomic E-state index is 11.7. The third-order valence-electron chi connectivity index (χ3n) is 4.24. The van der Waals surface area contributed by atoms with E-state index in [-0.39, 0.29) is 18.4 Å². The molecular weight excluding hydrogens is 378 g/mol. The van der Waals surface area contributed by atoms with Crippen LogP contribution in [-0.4, -0.2) is 41.4 Å². The van der Waals surface area contributed by atoms with Gasteiger partial charge >= 0.3 is 5.97 Å². The van der Waals surface area contributed by atoms with Gasteiger partial charge in [-0.2, -0.15) is 0 Å². The highest BCUT2D eigenvalue weighted by atomic mass is 16.4. The zero-order valence-electron chi connectivity index (χ0n) is 18.6. The Labute approximate surface area is 181 Å². The number of guanidine groups is 1. The molecule has 0 heterocycles. The predicted molar refractivity (Wildman–Crippen MR) is 125 cm³/mol. The molecular formula is C24H39N3O3. The molecule has 6 nitrogen and oxygen atoms in total. The van der Waals surface area contributed by atoms with E-state index in [0.29, 0.717) is 12.8 Å². The molecule has 30 heavy (non-hydrogen) atoms. The van der Waals surface area contributed by atoms with Crippen LogP contribution >= 0.6 is 0 Å². The van der Waals surface area contributed by atoms with Crippen LogP contribution in [0.3, 0.4) is 0 Å². The Hall–Kier alpha value is -2.63. The van der Waals surface area contributed by atoms with Gasteiger partial charge in [-0.3, -0.25) is 20.3 Å². The van der Waals surface area contributed by atoms with E-state index < -0.39 is 5.97 Å². The van der Waals surface area contributed by atoms with Crippen LogP contribution in [0.15, 0.2) is 48.6 Å². The fraction of sp³-hybridized carbons (Fsp3) is 0.542.